The highest BCUT2D eigenvalue weighted by molar-refractivity contribution is 7.80. The molecule has 1 saturated heterocycles. The van der Waals surface area contributed by atoms with Crippen LogP contribution in [0.15, 0.2) is 18.2 Å². The highest BCUT2D eigenvalue weighted by atomic mass is 32.1. The lowest BCUT2D eigenvalue weighted by Gasteiger charge is -2.29. The SMILES string of the molecule is COc1ccc(NC(=S)N2CCCCC2)c(OC)c1. The first kappa shape index (κ1) is 13.9. The van der Waals surface area contributed by atoms with Crippen LogP contribution in [0.3, 0.4) is 0 Å². The molecule has 2 rings (SSSR count). The van der Waals surface area contributed by atoms with E-state index < -0.39 is 0 Å². The molecule has 0 aromatic heterocycles. The summed E-state index contributed by atoms with van der Waals surface area (Å²) in [5, 5.41) is 4.03. The van der Waals surface area contributed by atoms with Crippen molar-refractivity contribution in [3.05, 3.63) is 18.2 Å². The molecule has 0 atom stereocenters. The van der Waals surface area contributed by atoms with E-state index in [2.05, 4.69) is 10.2 Å². The molecule has 5 heteroatoms. The molecule has 0 spiro atoms. The maximum absolute atomic E-state index is 5.45. The topological polar surface area (TPSA) is 33.7 Å². The number of likely N-dealkylation sites (tertiary alicyclic amines) is 1. The Bertz CT molecular complexity index is 445. The van der Waals surface area contributed by atoms with Crippen molar-refractivity contribution in [3.63, 3.8) is 0 Å². The van der Waals surface area contributed by atoms with Gasteiger partial charge in [0.15, 0.2) is 5.11 Å². The number of piperidine rings is 1. The van der Waals surface area contributed by atoms with E-state index in [0.29, 0.717) is 0 Å². The predicted octanol–water partition coefficient (Wildman–Crippen LogP) is 2.89. The Balaban J connectivity index is 2.07. The molecule has 0 amide bonds. The number of hydrogen-bond donors (Lipinski definition) is 1. The van der Waals surface area contributed by atoms with Crippen molar-refractivity contribution >= 4 is 23.0 Å². The van der Waals surface area contributed by atoms with Gasteiger partial charge >= 0.3 is 0 Å². The summed E-state index contributed by atoms with van der Waals surface area (Å²) in [7, 11) is 3.28. The fraction of sp³-hybridized carbons (Fsp3) is 0.500. The molecule has 1 aliphatic rings. The zero-order valence-electron chi connectivity index (χ0n) is 11.4. The van der Waals surface area contributed by atoms with Gasteiger partial charge in [-0.1, -0.05) is 0 Å². The van der Waals surface area contributed by atoms with Gasteiger partial charge in [-0.05, 0) is 43.6 Å². The Hall–Kier alpha value is -1.49. The third kappa shape index (κ3) is 3.50. The fourth-order valence-corrected chi connectivity index (χ4v) is 2.49. The predicted molar refractivity (Wildman–Crippen MR) is 81.2 cm³/mol. The van der Waals surface area contributed by atoms with Gasteiger partial charge < -0.3 is 19.7 Å². The van der Waals surface area contributed by atoms with Crippen molar-refractivity contribution in [2.75, 3.05) is 32.6 Å². The number of anilines is 1. The lowest BCUT2D eigenvalue weighted by molar-refractivity contribution is 0.346. The Morgan fingerprint density at radius 1 is 1.16 bits per heavy atom. The van der Waals surface area contributed by atoms with Gasteiger partial charge in [0.25, 0.3) is 0 Å². The number of nitrogens with one attached hydrogen (secondary N) is 1. The first-order valence-corrected chi connectivity index (χ1v) is 6.93. The molecule has 0 radical (unpaired) electrons. The minimum atomic E-state index is 0.735. The first-order chi connectivity index (χ1) is 9.24. The summed E-state index contributed by atoms with van der Waals surface area (Å²) in [6.07, 6.45) is 3.72. The van der Waals surface area contributed by atoms with Crippen LogP contribution in [-0.2, 0) is 0 Å². The van der Waals surface area contributed by atoms with E-state index in [1.165, 1.54) is 19.3 Å². The van der Waals surface area contributed by atoms with E-state index in [1.807, 2.05) is 18.2 Å². The van der Waals surface area contributed by atoms with Crippen molar-refractivity contribution in [3.8, 4) is 11.5 Å². The van der Waals surface area contributed by atoms with E-state index in [9.17, 15) is 0 Å². The van der Waals surface area contributed by atoms with Crippen LogP contribution in [0, 0.1) is 0 Å². The molecule has 104 valence electrons. The van der Waals surface area contributed by atoms with E-state index in [-0.39, 0.29) is 0 Å². The number of hydrogen-bond acceptors (Lipinski definition) is 3. The molecule has 1 fully saturated rings. The van der Waals surface area contributed by atoms with Gasteiger partial charge in [0.1, 0.15) is 11.5 Å². The second-order valence-corrected chi connectivity index (χ2v) is 4.93. The lowest BCUT2D eigenvalue weighted by Crippen LogP contribution is -2.38. The molecule has 4 nitrogen and oxygen atoms in total. The van der Waals surface area contributed by atoms with E-state index in [0.717, 1.165) is 35.4 Å². The zero-order chi connectivity index (χ0) is 13.7. The summed E-state index contributed by atoms with van der Waals surface area (Å²) in [5.41, 5.74) is 0.874. The quantitative estimate of drug-likeness (QED) is 0.861. The minimum Gasteiger partial charge on any atom is -0.497 e. The molecular weight excluding hydrogens is 260 g/mol. The van der Waals surface area contributed by atoms with Crippen LogP contribution in [0.5, 0.6) is 11.5 Å². The molecular formula is C14H20N2O2S. The van der Waals surface area contributed by atoms with Crippen molar-refractivity contribution < 1.29 is 9.47 Å². The van der Waals surface area contributed by atoms with Crippen molar-refractivity contribution in [2.45, 2.75) is 19.3 Å². The van der Waals surface area contributed by atoms with Crippen LogP contribution >= 0.6 is 12.2 Å². The Morgan fingerprint density at radius 2 is 1.89 bits per heavy atom. The average Bonchev–Trinajstić information content (AvgIpc) is 2.48. The van der Waals surface area contributed by atoms with Crippen molar-refractivity contribution in [1.29, 1.82) is 0 Å². The number of rotatable bonds is 3. The zero-order valence-corrected chi connectivity index (χ0v) is 12.3. The smallest absolute Gasteiger partial charge is 0.173 e. The molecule has 0 bridgehead atoms. The Kier molecular flexibility index (Phi) is 4.85. The summed E-state index contributed by atoms with van der Waals surface area (Å²) in [4.78, 5) is 2.21. The third-order valence-electron chi connectivity index (χ3n) is 3.29. The van der Waals surface area contributed by atoms with Crippen LogP contribution in [-0.4, -0.2) is 37.3 Å². The molecule has 1 aromatic carbocycles. The molecule has 1 aromatic rings. The summed E-state index contributed by atoms with van der Waals surface area (Å²) in [6, 6.07) is 5.67. The van der Waals surface area contributed by atoms with Crippen LogP contribution in [0.2, 0.25) is 0 Å². The Labute approximate surface area is 119 Å². The van der Waals surface area contributed by atoms with Crippen molar-refractivity contribution in [1.82, 2.24) is 4.90 Å². The molecule has 0 saturated carbocycles. The molecule has 0 aliphatic carbocycles. The lowest BCUT2D eigenvalue weighted by atomic mass is 10.1. The van der Waals surface area contributed by atoms with Gasteiger partial charge in [0.05, 0.1) is 19.9 Å². The van der Waals surface area contributed by atoms with E-state index in [1.54, 1.807) is 14.2 Å². The highest BCUT2D eigenvalue weighted by Gasteiger charge is 2.15. The van der Waals surface area contributed by atoms with Crippen molar-refractivity contribution in [2.24, 2.45) is 0 Å². The third-order valence-corrected chi connectivity index (χ3v) is 3.65. The largest absolute Gasteiger partial charge is 0.497 e. The highest BCUT2D eigenvalue weighted by Crippen LogP contribution is 2.29. The van der Waals surface area contributed by atoms with E-state index in [4.69, 9.17) is 21.7 Å². The number of ether oxygens (including phenoxy) is 2. The number of benzene rings is 1. The Morgan fingerprint density at radius 3 is 2.53 bits per heavy atom. The number of methoxy groups -OCH3 is 2. The maximum Gasteiger partial charge on any atom is 0.173 e. The monoisotopic (exact) mass is 280 g/mol. The molecule has 19 heavy (non-hydrogen) atoms. The first-order valence-electron chi connectivity index (χ1n) is 6.52. The van der Waals surface area contributed by atoms with Crippen LogP contribution in [0.25, 0.3) is 0 Å². The second-order valence-electron chi connectivity index (χ2n) is 4.54. The fourth-order valence-electron chi connectivity index (χ4n) is 2.19. The minimum absolute atomic E-state index is 0.735. The second kappa shape index (κ2) is 6.61. The van der Waals surface area contributed by atoms with Crippen LogP contribution < -0.4 is 14.8 Å². The average molecular weight is 280 g/mol. The van der Waals surface area contributed by atoms with Gasteiger partial charge in [-0.3, -0.25) is 0 Å². The van der Waals surface area contributed by atoms with Gasteiger partial charge in [-0.25, -0.2) is 0 Å². The standard InChI is InChI=1S/C14H20N2O2S/c1-17-11-6-7-12(13(10-11)18-2)15-14(19)16-8-4-3-5-9-16/h6-7,10H,3-5,8-9H2,1-2H3,(H,15,19). The van der Waals surface area contributed by atoms with Crippen LogP contribution in [0.4, 0.5) is 5.69 Å². The van der Waals surface area contributed by atoms with Gasteiger partial charge in [-0.2, -0.15) is 0 Å². The van der Waals surface area contributed by atoms with Gasteiger partial charge in [0.2, 0.25) is 0 Å². The summed E-state index contributed by atoms with van der Waals surface area (Å²) in [5.74, 6) is 1.50. The van der Waals surface area contributed by atoms with Gasteiger partial charge in [0, 0.05) is 19.2 Å². The molecule has 1 aliphatic heterocycles. The number of thiocarbonyl (C=S) groups is 1. The molecule has 1 heterocycles. The normalized spacial score (nSPS) is 14.9. The summed E-state index contributed by atoms with van der Waals surface area (Å²) >= 11 is 5.45. The summed E-state index contributed by atoms with van der Waals surface area (Å²) in [6.45, 7) is 2.06. The number of nitrogens with zero attached hydrogens (tertiary/aromatic N) is 1. The van der Waals surface area contributed by atoms with Gasteiger partial charge in [-0.15, -0.1) is 0 Å². The van der Waals surface area contributed by atoms with E-state index >= 15 is 0 Å². The van der Waals surface area contributed by atoms with Crippen LogP contribution in [0.1, 0.15) is 19.3 Å². The maximum atomic E-state index is 5.45. The molecule has 0 unspecified atom stereocenters. The summed E-state index contributed by atoms with van der Waals surface area (Å²) < 4.78 is 10.5. The molecule has 1 N–H and O–H groups in total.